The molecule has 0 radical (unpaired) electrons. The van der Waals surface area contributed by atoms with Crippen molar-refractivity contribution in [2.75, 3.05) is 0 Å². The number of hydrogen-bond acceptors (Lipinski definition) is 4. The number of alkyl halides is 3. The van der Waals surface area contributed by atoms with Gasteiger partial charge in [-0.05, 0) is 24.1 Å². The van der Waals surface area contributed by atoms with Gasteiger partial charge in [0.1, 0.15) is 11.8 Å². The summed E-state index contributed by atoms with van der Waals surface area (Å²) in [5, 5.41) is 12.1. The summed E-state index contributed by atoms with van der Waals surface area (Å²) in [6, 6.07) is 2.24. The second-order valence-corrected chi connectivity index (χ2v) is 5.42. The third-order valence-corrected chi connectivity index (χ3v) is 3.57. The van der Waals surface area contributed by atoms with Gasteiger partial charge in [-0.2, -0.15) is 13.2 Å². The number of carbonyl (C=O) groups is 3. The van der Waals surface area contributed by atoms with Crippen LogP contribution in [-0.4, -0.2) is 28.7 Å². The van der Waals surface area contributed by atoms with Crippen molar-refractivity contribution in [1.29, 1.82) is 0 Å². The van der Waals surface area contributed by atoms with E-state index in [1.807, 2.05) is 0 Å². The van der Waals surface area contributed by atoms with Gasteiger partial charge in [0.2, 0.25) is 5.91 Å². The van der Waals surface area contributed by atoms with Crippen LogP contribution in [0.2, 0.25) is 0 Å². The quantitative estimate of drug-likeness (QED) is 0.652. The SMILES string of the molecule is CCC(=O)CC[C@H](NC(=O)[C@H](O)c1ccc(C(F)(F)F)cc1)C(N)=O. The number of nitrogens with one attached hydrogen (secondary N) is 1. The maximum absolute atomic E-state index is 12.5. The molecule has 0 spiro atoms. The van der Waals surface area contributed by atoms with Crippen LogP contribution in [0.15, 0.2) is 24.3 Å². The van der Waals surface area contributed by atoms with Crippen LogP contribution in [0.3, 0.4) is 0 Å². The molecule has 0 fully saturated rings. The molecule has 0 aliphatic heterocycles. The molecule has 1 aromatic rings. The number of rotatable bonds is 8. The Labute approximate surface area is 142 Å². The summed E-state index contributed by atoms with van der Waals surface area (Å²) in [5.74, 6) is -1.99. The predicted molar refractivity (Wildman–Crippen MR) is 82.1 cm³/mol. The molecule has 2 amide bonds. The lowest BCUT2D eigenvalue weighted by atomic mass is 10.0. The van der Waals surface area contributed by atoms with E-state index in [4.69, 9.17) is 5.73 Å². The largest absolute Gasteiger partial charge is 0.416 e. The van der Waals surface area contributed by atoms with Gasteiger partial charge in [-0.15, -0.1) is 0 Å². The molecule has 0 aliphatic rings. The molecule has 1 rings (SSSR count). The lowest BCUT2D eigenvalue weighted by molar-refractivity contribution is -0.137. The van der Waals surface area contributed by atoms with Gasteiger partial charge in [-0.25, -0.2) is 0 Å². The molecule has 2 atom stereocenters. The molecule has 1 aromatic carbocycles. The normalized spacial score (nSPS) is 13.8. The molecule has 0 unspecified atom stereocenters. The van der Waals surface area contributed by atoms with E-state index in [1.54, 1.807) is 6.92 Å². The molecule has 138 valence electrons. The highest BCUT2D eigenvalue weighted by Crippen LogP contribution is 2.29. The van der Waals surface area contributed by atoms with Gasteiger partial charge < -0.3 is 16.2 Å². The van der Waals surface area contributed by atoms with Crippen LogP contribution in [0, 0.1) is 0 Å². The summed E-state index contributed by atoms with van der Waals surface area (Å²) < 4.78 is 37.5. The summed E-state index contributed by atoms with van der Waals surface area (Å²) >= 11 is 0. The zero-order chi connectivity index (χ0) is 19.2. The van der Waals surface area contributed by atoms with Gasteiger partial charge in [0.25, 0.3) is 5.91 Å². The Morgan fingerprint density at radius 1 is 1.20 bits per heavy atom. The van der Waals surface area contributed by atoms with Crippen LogP contribution in [0.1, 0.15) is 43.4 Å². The Morgan fingerprint density at radius 3 is 2.20 bits per heavy atom. The van der Waals surface area contributed by atoms with E-state index in [0.717, 1.165) is 24.3 Å². The minimum atomic E-state index is -4.53. The van der Waals surface area contributed by atoms with Crippen LogP contribution in [0.5, 0.6) is 0 Å². The van der Waals surface area contributed by atoms with Gasteiger partial charge in [-0.1, -0.05) is 19.1 Å². The average molecular weight is 360 g/mol. The summed E-state index contributed by atoms with van der Waals surface area (Å²) in [5.41, 5.74) is 4.16. The van der Waals surface area contributed by atoms with Crippen LogP contribution in [0.4, 0.5) is 13.2 Å². The fourth-order valence-electron chi connectivity index (χ4n) is 2.02. The molecular formula is C16H19F3N2O4. The van der Waals surface area contributed by atoms with Crippen molar-refractivity contribution >= 4 is 17.6 Å². The van der Waals surface area contributed by atoms with Gasteiger partial charge >= 0.3 is 6.18 Å². The highest BCUT2D eigenvalue weighted by molar-refractivity contribution is 5.89. The maximum Gasteiger partial charge on any atom is 0.416 e. The molecular weight excluding hydrogens is 341 g/mol. The third-order valence-electron chi connectivity index (χ3n) is 3.57. The van der Waals surface area contributed by atoms with Crippen molar-refractivity contribution < 1.29 is 32.7 Å². The molecule has 0 aromatic heterocycles. The van der Waals surface area contributed by atoms with E-state index in [0.29, 0.717) is 0 Å². The number of hydrogen-bond donors (Lipinski definition) is 3. The number of primary amides is 1. The molecule has 6 nitrogen and oxygen atoms in total. The second-order valence-electron chi connectivity index (χ2n) is 5.42. The van der Waals surface area contributed by atoms with Crippen molar-refractivity contribution in [3.05, 3.63) is 35.4 Å². The van der Waals surface area contributed by atoms with Crippen LogP contribution >= 0.6 is 0 Å². The van der Waals surface area contributed by atoms with Crippen molar-refractivity contribution in [2.45, 2.75) is 44.5 Å². The van der Waals surface area contributed by atoms with E-state index in [9.17, 15) is 32.7 Å². The molecule has 9 heteroatoms. The third kappa shape index (κ3) is 6.18. The van der Waals surface area contributed by atoms with E-state index in [1.165, 1.54) is 0 Å². The fraction of sp³-hybridized carbons (Fsp3) is 0.438. The number of carbonyl (C=O) groups excluding carboxylic acids is 3. The van der Waals surface area contributed by atoms with E-state index >= 15 is 0 Å². The van der Waals surface area contributed by atoms with Crippen LogP contribution in [-0.2, 0) is 20.6 Å². The lowest BCUT2D eigenvalue weighted by Crippen LogP contribution is -2.46. The molecule has 0 saturated carbocycles. The highest BCUT2D eigenvalue weighted by Gasteiger charge is 2.31. The summed E-state index contributed by atoms with van der Waals surface area (Å²) in [4.78, 5) is 34.6. The molecule has 0 bridgehead atoms. The Bertz CT molecular complexity index is 629. The summed E-state index contributed by atoms with van der Waals surface area (Å²) in [6.07, 6.45) is -6.03. The first-order valence-electron chi connectivity index (χ1n) is 7.52. The zero-order valence-corrected chi connectivity index (χ0v) is 13.5. The van der Waals surface area contributed by atoms with Gasteiger partial charge in [0, 0.05) is 12.8 Å². The number of ketones is 1. The van der Waals surface area contributed by atoms with Crippen molar-refractivity contribution in [3.8, 4) is 0 Å². The minimum absolute atomic E-state index is 0.0204. The first kappa shape index (κ1) is 20.6. The molecule has 4 N–H and O–H groups in total. The number of aliphatic hydroxyl groups is 1. The highest BCUT2D eigenvalue weighted by atomic mass is 19.4. The van der Waals surface area contributed by atoms with E-state index in [2.05, 4.69) is 5.32 Å². The van der Waals surface area contributed by atoms with Gasteiger partial charge in [0.05, 0.1) is 5.56 Å². The van der Waals surface area contributed by atoms with E-state index < -0.39 is 35.7 Å². The van der Waals surface area contributed by atoms with Crippen LogP contribution < -0.4 is 11.1 Å². The Hall–Kier alpha value is -2.42. The lowest BCUT2D eigenvalue weighted by Gasteiger charge is -2.18. The predicted octanol–water partition coefficient (Wildman–Crippen LogP) is 1.47. The smallest absolute Gasteiger partial charge is 0.378 e. The Morgan fingerprint density at radius 2 is 1.76 bits per heavy atom. The topological polar surface area (TPSA) is 109 Å². The number of aliphatic hydroxyl groups excluding tert-OH is 1. The molecule has 25 heavy (non-hydrogen) atoms. The Balaban J connectivity index is 2.76. The first-order chi connectivity index (χ1) is 11.6. The molecule has 0 saturated heterocycles. The average Bonchev–Trinajstić information content (AvgIpc) is 2.56. The van der Waals surface area contributed by atoms with Gasteiger partial charge in [0.15, 0.2) is 6.10 Å². The van der Waals surface area contributed by atoms with Crippen molar-refractivity contribution in [1.82, 2.24) is 5.32 Å². The molecule has 0 heterocycles. The van der Waals surface area contributed by atoms with Crippen molar-refractivity contribution in [2.24, 2.45) is 5.73 Å². The number of amides is 2. The Kier molecular flexibility index (Phi) is 7.10. The maximum atomic E-state index is 12.5. The number of Topliss-reactive ketones (excluding diaryl/α,β-unsaturated/α-hetero) is 1. The molecule has 0 aliphatic carbocycles. The standard InChI is InChI=1S/C16H19F3N2O4/c1-2-11(22)7-8-12(14(20)24)21-15(25)13(23)9-3-5-10(6-4-9)16(17,18)19/h3-6,12-13,23H,2,7-8H2,1H3,(H2,20,24)(H,21,25)/t12-,13+/m0/s1. The monoisotopic (exact) mass is 360 g/mol. The van der Waals surface area contributed by atoms with E-state index in [-0.39, 0.29) is 30.6 Å². The number of halogens is 3. The fourth-order valence-corrected chi connectivity index (χ4v) is 2.02. The first-order valence-corrected chi connectivity index (χ1v) is 7.52. The second kappa shape index (κ2) is 8.61. The van der Waals surface area contributed by atoms with Gasteiger partial charge in [-0.3, -0.25) is 14.4 Å². The summed E-state index contributed by atoms with van der Waals surface area (Å²) in [6.45, 7) is 1.65. The number of benzene rings is 1. The van der Waals surface area contributed by atoms with Crippen LogP contribution in [0.25, 0.3) is 0 Å². The zero-order valence-electron chi connectivity index (χ0n) is 13.5. The number of nitrogens with two attached hydrogens (primary N) is 1. The van der Waals surface area contributed by atoms with Crippen molar-refractivity contribution in [3.63, 3.8) is 0 Å². The summed E-state index contributed by atoms with van der Waals surface area (Å²) in [7, 11) is 0. The minimum Gasteiger partial charge on any atom is -0.378 e.